The second kappa shape index (κ2) is 9.64. The highest BCUT2D eigenvalue weighted by molar-refractivity contribution is 7.80. The van der Waals surface area contributed by atoms with Gasteiger partial charge in [-0.15, -0.1) is 0 Å². The highest BCUT2D eigenvalue weighted by Crippen LogP contribution is 2.16. The Morgan fingerprint density at radius 2 is 1.56 bits per heavy atom. The first-order chi connectivity index (χ1) is 12.1. The number of anilines is 2. The summed E-state index contributed by atoms with van der Waals surface area (Å²) in [4.78, 5) is 11.9. The summed E-state index contributed by atoms with van der Waals surface area (Å²) in [6.45, 7) is 2.50. The highest BCUT2D eigenvalue weighted by Gasteiger charge is 2.07. The fourth-order valence-electron chi connectivity index (χ4n) is 2.05. The van der Waals surface area contributed by atoms with Crippen LogP contribution in [0.5, 0.6) is 5.75 Å². The van der Waals surface area contributed by atoms with E-state index in [0.717, 1.165) is 30.0 Å². The molecule has 2 rings (SSSR count). The Morgan fingerprint density at radius 1 is 1.00 bits per heavy atom. The van der Waals surface area contributed by atoms with Crippen LogP contribution in [0.1, 0.15) is 30.1 Å². The SMILES string of the molecule is CCCCOC(=O)c1ccc(NC(=S)Nc2ccc(OC)cc2)cc1. The molecule has 0 saturated heterocycles. The first-order valence-electron chi connectivity index (χ1n) is 8.11. The molecule has 0 bridgehead atoms. The molecule has 0 heterocycles. The normalized spacial score (nSPS) is 10.0. The zero-order valence-corrected chi connectivity index (χ0v) is 15.2. The van der Waals surface area contributed by atoms with Gasteiger partial charge in [0, 0.05) is 11.4 Å². The number of hydrogen-bond acceptors (Lipinski definition) is 4. The molecule has 0 fully saturated rings. The molecule has 0 aliphatic carbocycles. The van der Waals surface area contributed by atoms with E-state index in [1.165, 1.54) is 0 Å². The number of nitrogens with one attached hydrogen (secondary N) is 2. The van der Waals surface area contributed by atoms with Gasteiger partial charge in [0.25, 0.3) is 0 Å². The summed E-state index contributed by atoms with van der Waals surface area (Å²) >= 11 is 5.29. The third kappa shape index (κ3) is 6.08. The number of unbranched alkanes of at least 4 members (excludes halogenated alkanes) is 1. The van der Waals surface area contributed by atoms with E-state index >= 15 is 0 Å². The lowest BCUT2D eigenvalue weighted by molar-refractivity contribution is 0.0500. The van der Waals surface area contributed by atoms with Crippen LogP contribution in [0.3, 0.4) is 0 Å². The molecule has 2 aromatic carbocycles. The molecule has 2 N–H and O–H groups in total. The van der Waals surface area contributed by atoms with Crippen LogP contribution in [0, 0.1) is 0 Å². The zero-order valence-electron chi connectivity index (χ0n) is 14.4. The number of methoxy groups -OCH3 is 1. The molecule has 0 aliphatic heterocycles. The fraction of sp³-hybridized carbons (Fsp3) is 0.263. The molecule has 0 aromatic heterocycles. The van der Waals surface area contributed by atoms with Gasteiger partial charge in [-0.3, -0.25) is 0 Å². The number of carbonyl (C=O) groups excluding carboxylic acids is 1. The van der Waals surface area contributed by atoms with Gasteiger partial charge in [-0.25, -0.2) is 4.79 Å². The maximum Gasteiger partial charge on any atom is 0.338 e. The third-order valence-electron chi connectivity index (χ3n) is 3.46. The molecule has 5 nitrogen and oxygen atoms in total. The maximum atomic E-state index is 11.9. The van der Waals surface area contributed by atoms with Crippen LogP contribution < -0.4 is 15.4 Å². The third-order valence-corrected chi connectivity index (χ3v) is 3.66. The summed E-state index contributed by atoms with van der Waals surface area (Å²) in [6, 6.07) is 14.5. The lowest BCUT2D eigenvalue weighted by Gasteiger charge is -2.11. The molecule has 25 heavy (non-hydrogen) atoms. The molecule has 0 atom stereocenters. The van der Waals surface area contributed by atoms with Crippen molar-refractivity contribution in [1.82, 2.24) is 0 Å². The van der Waals surface area contributed by atoms with Crippen LogP contribution >= 0.6 is 12.2 Å². The first kappa shape index (κ1) is 18.7. The molecule has 0 saturated carbocycles. The Balaban J connectivity index is 1.87. The zero-order chi connectivity index (χ0) is 18.1. The molecule has 6 heteroatoms. The standard InChI is InChI=1S/C19H22N2O3S/c1-3-4-13-24-18(22)14-5-7-15(8-6-14)20-19(25)21-16-9-11-17(23-2)12-10-16/h5-12H,3-4,13H2,1-2H3,(H2,20,21,25). The quantitative estimate of drug-likeness (QED) is 0.433. The Kier molecular flexibility index (Phi) is 7.22. The van der Waals surface area contributed by atoms with Crippen LogP contribution in [0.15, 0.2) is 48.5 Å². The van der Waals surface area contributed by atoms with Gasteiger partial charge in [-0.05, 0) is 67.2 Å². The number of carbonyl (C=O) groups is 1. The topological polar surface area (TPSA) is 59.6 Å². The Labute approximate surface area is 153 Å². The van der Waals surface area contributed by atoms with Gasteiger partial charge in [-0.1, -0.05) is 13.3 Å². The lowest BCUT2D eigenvalue weighted by Crippen LogP contribution is -2.19. The van der Waals surface area contributed by atoms with Crippen LogP contribution in [0.4, 0.5) is 11.4 Å². The van der Waals surface area contributed by atoms with E-state index in [4.69, 9.17) is 21.7 Å². The minimum atomic E-state index is -0.307. The van der Waals surface area contributed by atoms with Crippen molar-refractivity contribution in [3.05, 3.63) is 54.1 Å². The molecule has 2 aromatic rings. The number of rotatable bonds is 7. The van der Waals surface area contributed by atoms with Crippen molar-refractivity contribution in [2.75, 3.05) is 24.4 Å². The second-order valence-corrected chi connectivity index (χ2v) is 5.78. The predicted octanol–water partition coefficient (Wildman–Crippen LogP) is 4.46. The highest BCUT2D eigenvalue weighted by atomic mass is 32.1. The summed E-state index contributed by atoms with van der Waals surface area (Å²) in [5, 5.41) is 6.62. The summed E-state index contributed by atoms with van der Waals surface area (Å²) in [6.07, 6.45) is 1.87. The van der Waals surface area contributed by atoms with E-state index in [1.54, 1.807) is 31.4 Å². The fourth-order valence-corrected chi connectivity index (χ4v) is 2.29. The van der Waals surface area contributed by atoms with Crippen LogP contribution in [-0.4, -0.2) is 24.8 Å². The van der Waals surface area contributed by atoms with Gasteiger partial charge in [0.15, 0.2) is 5.11 Å². The number of esters is 1. The summed E-state index contributed by atoms with van der Waals surface area (Å²) in [5.74, 6) is 0.477. The molecule has 0 aliphatic rings. The van der Waals surface area contributed by atoms with Crippen LogP contribution in [0.2, 0.25) is 0 Å². The molecule has 0 unspecified atom stereocenters. The minimum Gasteiger partial charge on any atom is -0.497 e. The Morgan fingerprint density at radius 3 is 2.08 bits per heavy atom. The average Bonchev–Trinajstić information content (AvgIpc) is 2.63. The van der Waals surface area contributed by atoms with Crippen LogP contribution in [0.25, 0.3) is 0 Å². The molecule has 0 amide bonds. The average molecular weight is 358 g/mol. The number of hydrogen-bond donors (Lipinski definition) is 2. The largest absolute Gasteiger partial charge is 0.497 e. The van der Waals surface area contributed by atoms with Crippen molar-refractivity contribution >= 4 is 34.7 Å². The van der Waals surface area contributed by atoms with Crippen molar-refractivity contribution in [2.45, 2.75) is 19.8 Å². The van der Waals surface area contributed by atoms with E-state index in [1.807, 2.05) is 24.3 Å². The van der Waals surface area contributed by atoms with Gasteiger partial charge in [0.1, 0.15) is 5.75 Å². The Hall–Kier alpha value is -2.60. The smallest absolute Gasteiger partial charge is 0.338 e. The predicted molar refractivity (Wildman–Crippen MR) is 104 cm³/mol. The minimum absolute atomic E-state index is 0.307. The van der Waals surface area contributed by atoms with E-state index in [0.29, 0.717) is 17.3 Å². The molecular formula is C19H22N2O3S. The van der Waals surface area contributed by atoms with Crippen molar-refractivity contribution in [3.63, 3.8) is 0 Å². The summed E-state index contributed by atoms with van der Waals surface area (Å²) < 4.78 is 10.3. The lowest BCUT2D eigenvalue weighted by atomic mass is 10.2. The Bertz CT molecular complexity index is 700. The second-order valence-electron chi connectivity index (χ2n) is 5.37. The monoisotopic (exact) mass is 358 g/mol. The van der Waals surface area contributed by atoms with Gasteiger partial charge >= 0.3 is 5.97 Å². The molecule has 0 radical (unpaired) electrons. The van der Waals surface area contributed by atoms with Crippen molar-refractivity contribution in [3.8, 4) is 5.75 Å². The van der Waals surface area contributed by atoms with Crippen LogP contribution in [-0.2, 0) is 4.74 Å². The van der Waals surface area contributed by atoms with E-state index in [9.17, 15) is 4.79 Å². The number of benzene rings is 2. The first-order valence-corrected chi connectivity index (χ1v) is 8.52. The molecular weight excluding hydrogens is 336 g/mol. The van der Waals surface area contributed by atoms with E-state index in [-0.39, 0.29) is 5.97 Å². The summed E-state index contributed by atoms with van der Waals surface area (Å²) in [5.41, 5.74) is 2.17. The molecule has 0 spiro atoms. The van der Waals surface area contributed by atoms with Crippen molar-refractivity contribution in [1.29, 1.82) is 0 Å². The number of ether oxygens (including phenoxy) is 2. The maximum absolute atomic E-state index is 11.9. The van der Waals surface area contributed by atoms with Gasteiger partial charge in [0.05, 0.1) is 19.3 Å². The molecule has 132 valence electrons. The van der Waals surface area contributed by atoms with Gasteiger partial charge < -0.3 is 20.1 Å². The van der Waals surface area contributed by atoms with E-state index in [2.05, 4.69) is 17.6 Å². The van der Waals surface area contributed by atoms with E-state index < -0.39 is 0 Å². The van der Waals surface area contributed by atoms with Crippen molar-refractivity contribution in [2.24, 2.45) is 0 Å². The number of thiocarbonyl (C=S) groups is 1. The van der Waals surface area contributed by atoms with Crippen molar-refractivity contribution < 1.29 is 14.3 Å². The summed E-state index contributed by atoms with van der Waals surface area (Å²) in [7, 11) is 1.62. The van der Waals surface area contributed by atoms with Gasteiger partial charge in [-0.2, -0.15) is 0 Å². The van der Waals surface area contributed by atoms with Gasteiger partial charge in [0.2, 0.25) is 0 Å².